The van der Waals surface area contributed by atoms with Crippen molar-refractivity contribution in [3.63, 3.8) is 0 Å². The molecule has 1 heterocycles. The molecule has 2 rings (SSSR count). The van der Waals surface area contributed by atoms with Crippen molar-refractivity contribution in [3.8, 4) is 0 Å². The van der Waals surface area contributed by atoms with Crippen molar-refractivity contribution in [2.75, 3.05) is 26.7 Å². The maximum absolute atomic E-state index is 3.35. The molecule has 0 aromatic rings. The van der Waals surface area contributed by atoms with Crippen molar-refractivity contribution in [1.82, 2.24) is 10.2 Å². The quantitative estimate of drug-likeness (QED) is 0.705. The van der Waals surface area contributed by atoms with E-state index in [0.29, 0.717) is 0 Å². The Balaban J connectivity index is 1.69. The molecule has 0 aromatic carbocycles. The third-order valence-electron chi connectivity index (χ3n) is 3.89. The van der Waals surface area contributed by atoms with Crippen LogP contribution in [0.3, 0.4) is 0 Å². The summed E-state index contributed by atoms with van der Waals surface area (Å²) >= 11 is 0. The SMILES string of the molecule is CC(CN(C)C1CCC1)C1CNC1. The third-order valence-corrected chi connectivity index (χ3v) is 3.89. The molecule has 1 aliphatic carbocycles. The highest BCUT2D eigenvalue weighted by atomic mass is 15.1. The third kappa shape index (κ3) is 2.05. The number of nitrogens with one attached hydrogen (secondary N) is 1. The summed E-state index contributed by atoms with van der Waals surface area (Å²) in [5.41, 5.74) is 0. The lowest BCUT2D eigenvalue weighted by atomic mass is 9.86. The van der Waals surface area contributed by atoms with Crippen LogP contribution in [-0.4, -0.2) is 37.6 Å². The highest BCUT2D eigenvalue weighted by molar-refractivity contribution is 4.84. The molecule has 0 aromatic heterocycles. The van der Waals surface area contributed by atoms with Gasteiger partial charge in [-0.1, -0.05) is 13.3 Å². The predicted molar refractivity (Wildman–Crippen MR) is 55.8 cm³/mol. The molecule has 1 atom stereocenters. The van der Waals surface area contributed by atoms with Gasteiger partial charge >= 0.3 is 0 Å². The minimum Gasteiger partial charge on any atom is -0.316 e. The van der Waals surface area contributed by atoms with Crippen LogP contribution in [0.4, 0.5) is 0 Å². The fourth-order valence-corrected chi connectivity index (χ4v) is 2.29. The first kappa shape index (κ1) is 9.47. The molecule has 1 aliphatic heterocycles. The molecule has 0 spiro atoms. The molecule has 0 bridgehead atoms. The van der Waals surface area contributed by atoms with Gasteiger partial charge in [-0.05, 0) is 44.8 Å². The summed E-state index contributed by atoms with van der Waals surface area (Å²) in [6.07, 6.45) is 4.33. The lowest BCUT2D eigenvalue weighted by Crippen LogP contribution is -2.49. The van der Waals surface area contributed by atoms with E-state index in [9.17, 15) is 0 Å². The van der Waals surface area contributed by atoms with E-state index in [4.69, 9.17) is 0 Å². The van der Waals surface area contributed by atoms with Crippen molar-refractivity contribution in [1.29, 1.82) is 0 Å². The number of nitrogens with zero attached hydrogens (tertiary/aromatic N) is 1. The molecule has 1 N–H and O–H groups in total. The zero-order chi connectivity index (χ0) is 9.26. The Hall–Kier alpha value is -0.0800. The van der Waals surface area contributed by atoms with Gasteiger partial charge in [0, 0.05) is 12.6 Å². The molecular formula is C11H22N2. The van der Waals surface area contributed by atoms with Crippen molar-refractivity contribution in [3.05, 3.63) is 0 Å². The lowest BCUT2D eigenvalue weighted by molar-refractivity contribution is 0.111. The highest BCUT2D eigenvalue weighted by Gasteiger charge is 2.28. The van der Waals surface area contributed by atoms with Crippen LogP contribution >= 0.6 is 0 Å². The normalized spacial score (nSPS) is 27.0. The molecule has 1 unspecified atom stereocenters. The van der Waals surface area contributed by atoms with Crippen molar-refractivity contribution in [2.45, 2.75) is 32.2 Å². The molecule has 2 aliphatic rings. The predicted octanol–water partition coefficient (Wildman–Crippen LogP) is 1.33. The molecule has 0 amide bonds. The van der Waals surface area contributed by atoms with Gasteiger partial charge in [0.1, 0.15) is 0 Å². The van der Waals surface area contributed by atoms with Crippen LogP contribution in [0.15, 0.2) is 0 Å². The van der Waals surface area contributed by atoms with Gasteiger partial charge in [0.2, 0.25) is 0 Å². The van der Waals surface area contributed by atoms with Crippen LogP contribution in [0.5, 0.6) is 0 Å². The van der Waals surface area contributed by atoms with Gasteiger partial charge in [-0.3, -0.25) is 0 Å². The van der Waals surface area contributed by atoms with E-state index < -0.39 is 0 Å². The zero-order valence-electron chi connectivity index (χ0n) is 8.92. The Kier molecular flexibility index (Phi) is 2.89. The Morgan fingerprint density at radius 2 is 2.08 bits per heavy atom. The highest BCUT2D eigenvalue weighted by Crippen LogP contribution is 2.25. The van der Waals surface area contributed by atoms with E-state index >= 15 is 0 Å². The average molecular weight is 182 g/mol. The van der Waals surface area contributed by atoms with Gasteiger partial charge in [-0.15, -0.1) is 0 Å². The first-order valence-corrected chi connectivity index (χ1v) is 5.68. The average Bonchev–Trinajstić information content (AvgIpc) is 1.76. The van der Waals surface area contributed by atoms with Crippen LogP contribution in [0.2, 0.25) is 0 Å². The summed E-state index contributed by atoms with van der Waals surface area (Å²) in [5.74, 6) is 1.83. The topological polar surface area (TPSA) is 15.3 Å². The summed E-state index contributed by atoms with van der Waals surface area (Å²) in [7, 11) is 2.30. The summed E-state index contributed by atoms with van der Waals surface area (Å²) in [6, 6.07) is 0.912. The largest absolute Gasteiger partial charge is 0.316 e. The Morgan fingerprint density at radius 1 is 1.38 bits per heavy atom. The van der Waals surface area contributed by atoms with Gasteiger partial charge in [-0.25, -0.2) is 0 Å². The van der Waals surface area contributed by atoms with Crippen LogP contribution in [-0.2, 0) is 0 Å². The molecule has 0 radical (unpaired) electrons. The fourth-order valence-electron chi connectivity index (χ4n) is 2.29. The summed E-state index contributed by atoms with van der Waals surface area (Å²) in [5, 5.41) is 3.35. The number of rotatable bonds is 4. The van der Waals surface area contributed by atoms with E-state index in [2.05, 4.69) is 24.2 Å². The molecular weight excluding hydrogens is 160 g/mol. The van der Waals surface area contributed by atoms with Crippen LogP contribution < -0.4 is 5.32 Å². The Bertz CT molecular complexity index is 143. The number of hydrogen-bond donors (Lipinski definition) is 1. The first-order valence-electron chi connectivity index (χ1n) is 5.68. The smallest absolute Gasteiger partial charge is 0.00923 e. The Labute approximate surface area is 81.7 Å². The van der Waals surface area contributed by atoms with Crippen molar-refractivity contribution < 1.29 is 0 Å². The molecule has 2 nitrogen and oxygen atoms in total. The van der Waals surface area contributed by atoms with Crippen LogP contribution in [0.1, 0.15) is 26.2 Å². The van der Waals surface area contributed by atoms with Gasteiger partial charge in [0.05, 0.1) is 0 Å². The second-order valence-corrected chi connectivity index (χ2v) is 4.92. The zero-order valence-corrected chi connectivity index (χ0v) is 8.92. The van der Waals surface area contributed by atoms with Gasteiger partial charge in [0.15, 0.2) is 0 Å². The second kappa shape index (κ2) is 3.97. The van der Waals surface area contributed by atoms with Gasteiger partial charge < -0.3 is 10.2 Å². The number of hydrogen-bond acceptors (Lipinski definition) is 2. The summed E-state index contributed by atoms with van der Waals surface area (Å²) in [6.45, 7) is 6.21. The van der Waals surface area contributed by atoms with Crippen molar-refractivity contribution in [2.24, 2.45) is 11.8 Å². The van der Waals surface area contributed by atoms with E-state index in [1.54, 1.807) is 0 Å². The maximum atomic E-state index is 3.35. The van der Waals surface area contributed by atoms with Gasteiger partial charge in [-0.2, -0.15) is 0 Å². The molecule has 2 fully saturated rings. The second-order valence-electron chi connectivity index (χ2n) is 4.92. The molecule has 1 saturated heterocycles. The standard InChI is InChI=1S/C11H22N2/c1-9(10-6-12-7-10)8-13(2)11-4-3-5-11/h9-12H,3-8H2,1-2H3. The molecule has 2 heteroatoms. The lowest BCUT2D eigenvalue weighted by Gasteiger charge is -2.40. The molecule has 13 heavy (non-hydrogen) atoms. The van der Waals surface area contributed by atoms with Crippen molar-refractivity contribution >= 4 is 0 Å². The van der Waals surface area contributed by atoms with E-state index in [1.165, 1.54) is 38.9 Å². The first-order chi connectivity index (χ1) is 6.27. The monoisotopic (exact) mass is 182 g/mol. The molecule has 1 saturated carbocycles. The summed E-state index contributed by atoms with van der Waals surface area (Å²) in [4.78, 5) is 2.58. The van der Waals surface area contributed by atoms with E-state index in [0.717, 1.165) is 17.9 Å². The van der Waals surface area contributed by atoms with Crippen LogP contribution in [0, 0.1) is 11.8 Å². The minimum absolute atomic E-state index is 0.881. The Morgan fingerprint density at radius 3 is 2.46 bits per heavy atom. The minimum atomic E-state index is 0.881. The van der Waals surface area contributed by atoms with Crippen LogP contribution in [0.25, 0.3) is 0 Å². The summed E-state index contributed by atoms with van der Waals surface area (Å²) < 4.78 is 0. The maximum Gasteiger partial charge on any atom is 0.00923 e. The van der Waals surface area contributed by atoms with E-state index in [-0.39, 0.29) is 0 Å². The van der Waals surface area contributed by atoms with E-state index in [1.807, 2.05) is 0 Å². The van der Waals surface area contributed by atoms with Gasteiger partial charge in [0.25, 0.3) is 0 Å². The molecule has 76 valence electrons. The fraction of sp³-hybridized carbons (Fsp3) is 1.00.